The predicted molar refractivity (Wildman–Crippen MR) is 82.5 cm³/mol. The summed E-state index contributed by atoms with van der Waals surface area (Å²) in [5.74, 6) is 0.825. The zero-order valence-electron chi connectivity index (χ0n) is 12.0. The van der Waals surface area contributed by atoms with Crippen LogP contribution in [-0.2, 0) is 0 Å². The number of hydrogen-bond donors (Lipinski definition) is 2. The van der Waals surface area contributed by atoms with Crippen molar-refractivity contribution in [2.24, 2.45) is 10.9 Å². The van der Waals surface area contributed by atoms with Crippen LogP contribution in [0, 0.1) is 20.8 Å². The number of aromatic nitrogens is 1. The van der Waals surface area contributed by atoms with Crippen LogP contribution in [0.15, 0.2) is 29.4 Å². The molecule has 0 amide bonds. The standard InChI is InChI=1S/C15H16ClN3O2/c1-8-6-11(7-9(2)13(8)16)21-15-12(14(17)19-20)5-4-10(3)18-15/h4-7,20H,1-3H3,(H2,17,19). The van der Waals surface area contributed by atoms with Crippen molar-refractivity contribution in [3.63, 3.8) is 0 Å². The summed E-state index contributed by atoms with van der Waals surface area (Å²) in [5, 5.41) is 12.5. The molecule has 5 nitrogen and oxygen atoms in total. The van der Waals surface area contributed by atoms with Gasteiger partial charge in [-0.15, -0.1) is 0 Å². The van der Waals surface area contributed by atoms with E-state index in [1.54, 1.807) is 12.1 Å². The van der Waals surface area contributed by atoms with Gasteiger partial charge in [-0.1, -0.05) is 16.8 Å². The molecular formula is C15H16ClN3O2. The highest BCUT2D eigenvalue weighted by molar-refractivity contribution is 6.32. The summed E-state index contributed by atoms with van der Waals surface area (Å²) >= 11 is 6.14. The number of nitrogens with zero attached hydrogens (tertiary/aromatic N) is 2. The summed E-state index contributed by atoms with van der Waals surface area (Å²) in [4.78, 5) is 4.29. The molecule has 0 unspecified atom stereocenters. The molecule has 2 aromatic rings. The maximum Gasteiger partial charge on any atom is 0.230 e. The third kappa shape index (κ3) is 3.25. The van der Waals surface area contributed by atoms with Gasteiger partial charge in [0.05, 0.1) is 5.56 Å². The summed E-state index contributed by atoms with van der Waals surface area (Å²) in [6, 6.07) is 7.09. The van der Waals surface area contributed by atoms with E-state index in [4.69, 9.17) is 27.3 Å². The Morgan fingerprint density at radius 1 is 1.24 bits per heavy atom. The van der Waals surface area contributed by atoms with Gasteiger partial charge in [0.15, 0.2) is 5.84 Å². The Kier molecular flexibility index (Phi) is 4.33. The average molecular weight is 306 g/mol. The largest absolute Gasteiger partial charge is 0.438 e. The molecule has 1 aromatic heterocycles. The highest BCUT2D eigenvalue weighted by Gasteiger charge is 2.13. The van der Waals surface area contributed by atoms with Crippen LogP contribution >= 0.6 is 11.6 Å². The van der Waals surface area contributed by atoms with E-state index in [2.05, 4.69) is 10.1 Å². The molecule has 21 heavy (non-hydrogen) atoms. The third-order valence-corrected chi connectivity index (χ3v) is 3.60. The number of hydrogen-bond acceptors (Lipinski definition) is 4. The summed E-state index contributed by atoms with van der Waals surface area (Å²) in [7, 11) is 0. The molecule has 2 rings (SSSR count). The zero-order valence-corrected chi connectivity index (χ0v) is 12.8. The summed E-state index contributed by atoms with van der Waals surface area (Å²) in [6.45, 7) is 5.63. The summed E-state index contributed by atoms with van der Waals surface area (Å²) in [5.41, 5.74) is 8.65. The fourth-order valence-corrected chi connectivity index (χ4v) is 2.05. The van der Waals surface area contributed by atoms with Crippen molar-refractivity contribution in [2.75, 3.05) is 0 Å². The number of halogens is 1. The molecule has 0 saturated heterocycles. The van der Waals surface area contributed by atoms with Crippen LogP contribution in [0.5, 0.6) is 11.6 Å². The van der Waals surface area contributed by atoms with Gasteiger partial charge in [-0.05, 0) is 56.2 Å². The highest BCUT2D eigenvalue weighted by Crippen LogP contribution is 2.30. The number of amidine groups is 1. The van der Waals surface area contributed by atoms with Crippen molar-refractivity contribution in [3.05, 3.63) is 51.7 Å². The normalized spacial score (nSPS) is 11.5. The molecule has 0 atom stereocenters. The molecule has 0 aliphatic carbocycles. The molecule has 0 bridgehead atoms. The van der Waals surface area contributed by atoms with E-state index in [9.17, 15) is 0 Å². The Balaban J connectivity index is 2.46. The van der Waals surface area contributed by atoms with Gasteiger partial charge < -0.3 is 15.7 Å². The smallest absolute Gasteiger partial charge is 0.230 e. The van der Waals surface area contributed by atoms with Crippen molar-refractivity contribution in [3.8, 4) is 11.6 Å². The first-order chi connectivity index (χ1) is 9.92. The van der Waals surface area contributed by atoms with E-state index < -0.39 is 0 Å². The van der Waals surface area contributed by atoms with Crippen LogP contribution in [0.4, 0.5) is 0 Å². The van der Waals surface area contributed by atoms with E-state index in [-0.39, 0.29) is 11.7 Å². The molecule has 1 aromatic carbocycles. The Bertz CT molecular complexity index is 691. The maximum atomic E-state index is 8.83. The van der Waals surface area contributed by atoms with Crippen LogP contribution in [-0.4, -0.2) is 16.0 Å². The minimum absolute atomic E-state index is 0.0556. The second-order valence-electron chi connectivity index (χ2n) is 4.76. The van der Waals surface area contributed by atoms with Gasteiger partial charge in [-0.3, -0.25) is 0 Å². The van der Waals surface area contributed by atoms with Gasteiger partial charge in [0.25, 0.3) is 0 Å². The Morgan fingerprint density at radius 2 is 1.86 bits per heavy atom. The van der Waals surface area contributed by atoms with Gasteiger partial charge in [-0.2, -0.15) is 0 Å². The van der Waals surface area contributed by atoms with Crippen LogP contribution in [0.25, 0.3) is 0 Å². The topological polar surface area (TPSA) is 80.7 Å². The first-order valence-electron chi connectivity index (χ1n) is 6.32. The number of nitrogens with two attached hydrogens (primary N) is 1. The van der Waals surface area contributed by atoms with Gasteiger partial charge in [0, 0.05) is 10.7 Å². The number of pyridine rings is 1. The van der Waals surface area contributed by atoms with Crippen molar-refractivity contribution in [1.29, 1.82) is 0 Å². The second kappa shape index (κ2) is 6.01. The fourth-order valence-electron chi connectivity index (χ4n) is 1.94. The number of benzene rings is 1. The van der Waals surface area contributed by atoms with Crippen LogP contribution in [0.2, 0.25) is 5.02 Å². The first kappa shape index (κ1) is 15.1. The molecule has 0 aliphatic heterocycles. The number of oxime groups is 1. The summed E-state index contributed by atoms with van der Waals surface area (Å²) < 4.78 is 5.79. The van der Waals surface area contributed by atoms with E-state index in [1.165, 1.54) is 0 Å². The molecule has 6 heteroatoms. The highest BCUT2D eigenvalue weighted by atomic mass is 35.5. The number of ether oxygens (including phenoxy) is 1. The molecule has 0 aliphatic rings. The van der Waals surface area contributed by atoms with Crippen molar-refractivity contribution in [1.82, 2.24) is 4.98 Å². The third-order valence-electron chi connectivity index (χ3n) is 3.01. The SMILES string of the molecule is Cc1ccc(C(N)=NO)c(Oc2cc(C)c(Cl)c(C)c2)n1. The molecule has 0 fully saturated rings. The fraction of sp³-hybridized carbons (Fsp3) is 0.200. The molecule has 0 radical (unpaired) electrons. The van der Waals surface area contributed by atoms with Crippen molar-refractivity contribution in [2.45, 2.75) is 20.8 Å². The average Bonchev–Trinajstić information content (AvgIpc) is 2.44. The molecule has 1 heterocycles. The van der Waals surface area contributed by atoms with Gasteiger partial charge in [0.2, 0.25) is 5.88 Å². The van der Waals surface area contributed by atoms with Crippen molar-refractivity contribution < 1.29 is 9.94 Å². The zero-order chi connectivity index (χ0) is 15.6. The second-order valence-corrected chi connectivity index (χ2v) is 5.14. The lowest BCUT2D eigenvalue weighted by Gasteiger charge is -2.12. The molecular weight excluding hydrogens is 290 g/mol. The maximum absolute atomic E-state index is 8.83. The van der Waals surface area contributed by atoms with E-state index >= 15 is 0 Å². The number of rotatable bonds is 3. The Hall–Kier alpha value is -2.27. The van der Waals surface area contributed by atoms with Crippen LogP contribution < -0.4 is 10.5 Å². The minimum Gasteiger partial charge on any atom is -0.438 e. The quantitative estimate of drug-likeness (QED) is 0.393. The van der Waals surface area contributed by atoms with E-state index in [1.807, 2.05) is 32.9 Å². The van der Waals surface area contributed by atoms with Crippen molar-refractivity contribution >= 4 is 17.4 Å². The minimum atomic E-state index is -0.0556. The van der Waals surface area contributed by atoms with Gasteiger partial charge >= 0.3 is 0 Å². The van der Waals surface area contributed by atoms with Gasteiger partial charge in [0.1, 0.15) is 5.75 Å². The lowest BCUT2D eigenvalue weighted by Crippen LogP contribution is -2.15. The van der Waals surface area contributed by atoms with Gasteiger partial charge in [-0.25, -0.2) is 4.98 Å². The Labute approximate surface area is 128 Å². The molecule has 0 spiro atoms. The predicted octanol–water partition coefficient (Wildman–Crippen LogP) is 3.55. The monoisotopic (exact) mass is 305 g/mol. The number of aryl methyl sites for hydroxylation is 3. The molecule has 3 N–H and O–H groups in total. The van der Waals surface area contributed by atoms with E-state index in [0.717, 1.165) is 16.8 Å². The first-order valence-corrected chi connectivity index (χ1v) is 6.70. The van der Waals surface area contributed by atoms with Crippen LogP contribution in [0.3, 0.4) is 0 Å². The lowest BCUT2D eigenvalue weighted by atomic mass is 10.1. The molecule has 0 saturated carbocycles. The lowest BCUT2D eigenvalue weighted by molar-refractivity contribution is 0.318. The van der Waals surface area contributed by atoms with Crippen LogP contribution in [0.1, 0.15) is 22.4 Å². The van der Waals surface area contributed by atoms with E-state index in [0.29, 0.717) is 16.3 Å². The molecule has 110 valence electrons. The Morgan fingerprint density at radius 3 is 2.43 bits per heavy atom. The summed E-state index contributed by atoms with van der Waals surface area (Å²) in [6.07, 6.45) is 0.